The van der Waals surface area contributed by atoms with E-state index >= 15 is 0 Å². The van der Waals surface area contributed by atoms with Crippen LogP contribution in [-0.2, 0) is 14.3 Å². The predicted molar refractivity (Wildman–Crippen MR) is 95.1 cm³/mol. The molecule has 8 nitrogen and oxygen atoms in total. The van der Waals surface area contributed by atoms with E-state index in [0.717, 1.165) is 4.47 Å². The van der Waals surface area contributed by atoms with E-state index in [1.54, 1.807) is 30.6 Å². The van der Waals surface area contributed by atoms with Crippen molar-refractivity contribution in [2.24, 2.45) is 0 Å². The SMILES string of the molecule is CCOC(=O)N[C@@H](CCCCC(=O)NO)C(=O)Nc1cccc(Br)c1. The van der Waals surface area contributed by atoms with Crippen molar-refractivity contribution in [3.63, 3.8) is 0 Å². The summed E-state index contributed by atoms with van der Waals surface area (Å²) >= 11 is 3.32. The highest BCUT2D eigenvalue weighted by Gasteiger charge is 2.21. The van der Waals surface area contributed by atoms with Gasteiger partial charge in [0.15, 0.2) is 0 Å². The van der Waals surface area contributed by atoms with Crippen LogP contribution >= 0.6 is 15.9 Å². The summed E-state index contributed by atoms with van der Waals surface area (Å²) in [6.07, 6.45) is 0.770. The van der Waals surface area contributed by atoms with E-state index in [1.165, 1.54) is 0 Å². The van der Waals surface area contributed by atoms with E-state index in [1.807, 2.05) is 6.07 Å². The first-order chi connectivity index (χ1) is 12.0. The van der Waals surface area contributed by atoms with Crippen molar-refractivity contribution >= 4 is 39.5 Å². The molecule has 0 aliphatic heterocycles. The average molecular weight is 416 g/mol. The standard InChI is InChI=1S/C16H22BrN3O5/c1-2-25-16(23)19-13(8-3-4-9-14(21)20-24)15(22)18-12-7-5-6-11(17)10-12/h5-7,10,13,24H,2-4,8-9H2,1H3,(H,18,22)(H,19,23)(H,20,21)/t13-/m0/s1. The smallest absolute Gasteiger partial charge is 0.407 e. The van der Waals surface area contributed by atoms with E-state index < -0.39 is 18.0 Å². The Morgan fingerprint density at radius 1 is 1.28 bits per heavy atom. The van der Waals surface area contributed by atoms with Gasteiger partial charge in [0, 0.05) is 16.6 Å². The molecule has 0 aromatic heterocycles. The number of carbonyl (C=O) groups excluding carboxylic acids is 3. The van der Waals surface area contributed by atoms with Gasteiger partial charge < -0.3 is 15.4 Å². The number of hydroxylamine groups is 1. The Morgan fingerprint density at radius 2 is 2.04 bits per heavy atom. The summed E-state index contributed by atoms with van der Waals surface area (Å²) < 4.78 is 5.63. The van der Waals surface area contributed by atoms with Crippen LogP contribution in [0.4, 0.5) is 10.5 Å². The van der Waals surface area contributed by atoms with Gasteiger partial charge in [-0.25, -0.2) is 10.3 Å². The Bertz CT molecular complexity index is 597. The summed E-state index contributed by atoms with van der Waals surface area (Å²) in [6.45, 7) is 1.87. The maximum Gasteiger partial charge on any atom is 0.407 e. The second-order valence-corrected chi connectivity index (χ2v) is 6.11. The largest absolute Gasteiger partial charge is 0.450 e. The van der Waals surface area contributed by atoms with E-state index in [-0.39, 0.29) is 18.9 Å². The molecule has 1 aromatic rings. The third-order valence-electron chi connectivity index (χ3n) is 3.25. The number of amides is 3. The summed E-state index contributed by atoms with van der Waals surface area (Å²) in [4.78, 5) is 35.1. The van der Waals surface area contributed by atoms with Crippen LogP contribution in [0.15, 0.2) is 28.7 Å². The molecule has 3 amide bonds. The van der Waals surface area contributed by atoms with Gasteiger partial charge >= 0.3 is 6.09 Å². The van der Waals surface area contributed by atoms with Crippen molar-refractivity contribution in [3.05, 3.63) is 28.7 Å². The van der Waals surface area contributed by atoms with Crippen molar-refractivity contribution in [1.82, 2.24) is 10.8 Å². The summed E-state index contributed by atoms with van der Waals surface area (Å²) in [5, 5.41) is 13.7. The molecule has 25 heavy (non-hydrogen) atoms. The number of rotatable bonds is 9. The molecule has 0 saturated carbocycles. The van der Waals surface area contributed by atoms with Gasteiger partial charge in [0.25, 0.3) is 0 Å². The first kappa shape index (κ1) is 20.9. The summed E-state index contributed by atoms with van der Waals surface area (Å²) in [5.41, 5.74) is 2.14. The fourth-order valence-electron chi connectivity index (χ4n) is 2.07. The molecule has 1 rings (SSSR count). The molecule has 0 unspecified atom stereocenters. The van der Waals surface area contributed by atoms with Crippen molar-refractivity contribution in [2.45, 2.75) is 38.6 Å². The average Bonchev–Trinajstić information content (AvgIpc) is 2.57. The molecule has 0 saturated heterocycles. The zero-order valence-electron chi connectivity index (χ0n) is 13.9. The first-order valence-electron chi connectivity index (χ1n) is 7.89. The van der Waals surface area contributed by atoms with Gasteiger partial charge in [-0.15, -0.1) is 0 Å². The molecule has 0 fully saturated rings. The molecule has 0 spiro atoms. The molecule has 0 aliphatic carbocycles. The molecule has 0 radical (unpaired) electrons. The third kappa shape index (κ3) is 8.50. The second-order valence-electron chi connectivity index (χ2n) is 5.20. The third-order valence-corrected chi connectivity index (χ3v) is 3.74. The zero-order valence-corrected chi connectivity index (χ0v) is 15.5. The molecule has 138 valence electrons. The summed E-state index contributed by atoms with van der Waals surface area (Å²) in [5.74, 6) is -0.869. The highest BCUT2D eigenvalue weighted by Crippen LogP contribution is 2.16. The first-order valence-corrected chi connectivity index (χ1v) is 8.68. The second kappa shape index (κ2) is 11.4. The highest BCUT2D eigenvalue weighted by molar-refractivity contribution is 9.10. The van der Waals surface area contributed by atoms with Crippen LogP contribution in [0.25, 0.3) is 0 Å². The van der Waals surface area contributed by atoms with E-state index in [9.17, 15) is 14.4 Å². The number of carbonyl (C=O) groups is 3. The Balaban J connectivity index is 2.63. The van der Waals surface area contributed by atoms with Crippen LogP contribution in [0.1, 0.15) is 32.6 Å². The minimum Gasteiger partial charge on any atom is -0.450 e. The maximum atomic E-state index is 12.4. The molecule has 0 aliphatic rings. The Hall–Kier alpha value is -2.13. The normalized spacial score (nSPS) is 11.3. The number of hydrogen-bond donors (Lipinski definition) is 4. The quantitative estimate of drug-likeness (QED) is 0.281. The van der Waals surface area contributed by atoms with Crippen LogP contribution in [0.5, 0.6) is 0 Å². The number of ether oxygens (including phenoxy) is 1. The van der Waals surface area contributed by atoms with Crippen molar-refractivity contribution in [3.8, 4) is 0 Å². The molecule has 4 N–H and O–H groups in total. The van der Waals surface area contributed by atoms with Crippen LogP contribution in [0.2, 0.25) is 0 Å². The lowest BCUT2D eigenvalue weighted by molar-refractivity contribution is -0.129. The number of anilines is 1. The summed E-state index contributed by atoms with van der Waals surface area (Å²) in [7, 11) is 0. The lowest BCUT2D eigenvalue weighted by atomic mass is 10.1. The van der Waals surface area contributed by atoms with Crippen molar-refractivity contribution < 1.29 is 24.3 Å². The number of nitrogens with one attached hydrogen (secondary N) is 3. The fraction of sp³-hybridized carbons (Fsp3) is 0.438. The molecule has 9 heteroatoms. The van der Waals surface area contributed by atoms with Crippen LogP contribution in [0.3, 0.4) is 0 Å². The van der Waals surface area contributed by atoms with Crippen LogP contribution < -0.4 is 16.1 Å². The minimum atomic E-state index is -0.796. The molecule has 1 atom stereocenters. The molecule has 1 aromatic carbocycles. The molecule has 0 bridgehead atoms. The van der Waals surface area contributed by atoms with Crippen LogP contribution in [-0.4, -0.2) is 35.8 Å². The van der Waals surface area contributed by atoms with Gasteiger partial charge in [0.1, 0.15) is 6.04 Å². The Kier molecular flexibility index (Phi) is 9.56. The lowest BCUT2D eigenvalue weighted by Gasteiger charge is -2.18. The monoisotopic (exact) mass is 415 g/mol. The maximum absolute atomic E-state index is 12.4. The van der Waals surface area contributed by atoms with Crippen LogP contribution in [0, 0.1) is 0 Å². The predicted octanol–water partition coefficient (Wildman–Crippen LogP) is 2.57. The Morgan fingerprint density at radius 3 is 2.68 bits per heavy atom. The highest BCUT2D eigenvalue weighted by atomic mass is 79.9. The van der Waals surface area contributed by atoms with Crippen molar-refractivity contribution in [2.75, 3.05) is 11.9 Å². The number of halogens is 1. The topological polar surface area (TPSA) is 117 Å². The van der Waals surface area contributed by atoms with Gasteiger partial charge in [-0.05, 0) is 38.0 Å². The van der Waals surface area contributed by atoms with E-state index in [2.05, 4.69) is 26.6 Å². The van der Waals surface area contributed by atoms with Gasteiger partial charge in [0.05, 0.1) is 6.61 Å². The number of hydrogen-bond acceptors (Lipinski definition) is 5. The molecular formula is C16H22BrN3O5. The van der Waals surface area contributed by atoms with Gasteiger partial charge in [0.2, 0.25) is 11.8 Å². The van der Waals surface area contributed by atoms with Gasteiger partial charge in [-0.3, -0.25) is 14.8 Å². The fourth-order valence-corrected chi connectivity index (χ4v) is 2.47. The number of unbranched alkanes of at least 4 members (excludes halogenated alkanes) is 1. The summed E-state index contributed by atoms with van der Waals surface area (Å²) in [6, 6.07) is 6.29. The number of alkyl carbamates (subject to hydrolysis) is 1. The molecular weight excluding hydrogens is 394 g/mol. The van der Waals surface area contributed by atoms with Gasteiger partial charge in [-0.1, -0.05) is 28.4 Å². The lowest BCUT2D eigenvalue weighted by Crippen LogP contribution is -2.44. The minimum absolute atomic E-state index is 0.135. The Labute approximate surface area is 154 Å². The van der Waals surface area contributed by atoms with E-state index in [0.29, 0.717) is 24.9 Å². The van der Waals surface area contributed by atoms with Crippen molar-refractivity contribution in [1.29, 1.82) is 0 Å². The zero-order chi connectivity index (χ0) is 18.7. The van der Waals surface area contributed by atoms with E-state index in [4.69, 9.17) is 9.94 Å². The molecule has 0 heterocycles. The number of benzene rings is 1. The van der Waals surface area contributed by atoms with Gasteiger partial charge in [-0.2, -0.15) is 0 Å².